The van der Waals surface area contributed by atoms with E-state index in [2.05, 4.69) is 25.1 Å². The molecule has 0 amide bonds. The minimum atomic E-state index is -5.08. The first-order valence-corrected chi connectivity index (χ1v) is 8.98. The molecule has 0 saturated carbocycles. The normalized spacial score (nSPS) is 21.7. The van der Waals surface area contributed by atoms with Gasteiger partial charge in [-0.3, -0.25) is 4.90 Å². The number of carboxylic acid groups (broad SMARTS) is 2. The smallest absolute Gasteiger partial charge is 0.475 e. The SMILES string of the molecule is O=C(O)C(F)(F)F.O=C(O)C(F)(F)F.O[C@H]1CNC[C@@H]1N1CCN(c2ncccn2)CC1. The van der Waals surface area contributed by atoms with Crippen molar-refractivity contribution in [2.75, 3.05) is 44.2 Å². The van der Waals surface area contributed by atoms with Gasteiger partial charge >= 0.3 is 24.3 Å². The van der Waals surface area contributed by atoms with Crippen molar-refractivity contribution in [1.82, 2.24) is 20.2 Å². The number of halogens is 6. The maximum atomic E-state index is 10.6. The van der Waals surface area contributed by atoms with Crippen LogP contribution in [0.3, 0.4) is 0 Å². The molecule has 2 fully saturated rings. The van der Waals surface area contributed by atoms with E-state index in [0.717, 1.165) is 38.7 Å². The van der Waals surface area contributed by atoms with Crippen molar-refractivity contribution < 1.29 is 51.3 Å². The summed E-state index contributed by atoms with van der Waals surface area (Å²) < 4.78 is 63.5. The molecule has 0 spiro atoms. The highest BCUT2D eigenvalue weighted by Crippen LogP contribution is 2.15. The summed E-state index contributed by atoms with van der Waals surface area (Å²) in [6, 6.07) is 2.10. The number of aliphatic carboxylic acids is 2. The van der Waals surface area contributed by atoms with Crippen molar-refractivity contribution in [2.45, 2.75) is 24.5 Å². The molecule has 1 aromatic heterocycles. The third kappa shape index (κ3) is 9.19. The topological polar surface area (TPSA) is 139 Å². The molecule has 10 nitrogen and oxygen atoms in total. The molecule has 0 radical (unpaired) electrons. The first-order valence-electron chi connectivity index (χ1n) is 8.98. The van der Waals surface area contributed by atoms with Gasteiger partial charge in [-0.25, -0.2) is 19.6 Å². The maximum absolute atomic E-state index is 10.6. The Morgan fingerprint density at radius 1 is 0.906 bits per heavy atom. The Kier molecular flexibility index (Phi) is 10.0. The van der Waals surface area contributed by atoms with Crippen molar-refractivity contribution in [1.29, 1.82) is 0 Å². The quantitative estimate of drug-likeness (QED) is 0.437. The molecular weight excluding hydrogens is 456 g/mol. The molecular formula is C16H21F6N5O5. The van der Waals surface area contributed by atoms with Crippen LogP contribution in [0.4, 0.5) is 32.3 Å². The lowest BCUT2D eigenvalue weighted by Gasteiger charge is -2.38. The van der Waals surface area contributed by atoms with Crippen molar-refractivity contribution in [3.05, 3.63) is 18.5 Å². The van der Waals surface area contributed by atoms with Crippen LogP contribution in [0.25, 0.3) is 0 Å². The van der Waals surface area contributed by atoms with E-state index in [-0.39, 0.29) is 12.1 Å². The Bertz CT molecular complexity index is 704. The summed E-state index contributed by atoms with van der Waals surface area (Å²) in [4.78, 5) is 30.9. The van der Waals surface area contributed by atoms with Crippen LogP contribution in [0.1, 0.15) is 0 Å². The lowest BCUT2D eigenvalue weighted by atomic mass is 10.1. The van der Waals surface area contributed by atoms with Crippen molar-refractivity contribution in [3.8, 4) is 0 Å². The molecule has 1 aromatic rings. The second-order valence-electron chi connectivity index (χ2n) is 6.47. The number of aromatic nitrogens is 2. The van der Waals surface area contributed by atoms with Gasteiger partial charge in [-0.05, 0) is 6.07 Å². The van der Waals surface area contributed by atoms with Gasteiger partial charge < -0.3 is 25.5 Å². The zero-order chi connectivity index (χ0) is 24.5. The molecule has 2 aliphatic heterocycles. The zero-order valence-electron chi connectivity index (χ0n) is 16.3. The number of aliphatic hydroxyl groups excluding tert-OH is 1. The third-order valence-electron chi connectivity index (χ3n) is 4.25. The van der Waals surface area contributed by atoms with Crippen molar-refractivity contribution >= 4 is 17.9 Å². The van der Waals surface area contributed by atoms with E-state index >= 15 is 0 Å². The van der Waals surface area contributed by atoms with Crippen LogP contribution in [-0.2, 0) is 9.59 Å². The van der Waals surface area contributed by atoms with Crippen molar-refractivity contribution in [3.63, 3.8) is 0 Å². The summed E-state index contributed by atoms with van der Waals surface area (Å²) in [7, 11) is 0. The number of carbonyl (C=O) groups is 2. The van der Waals surface area contributed by atoms with Crippen LogP contribution in [0, 0.1) is 0 Å². The van der Waals surface area contributed by atoms with Gasteiger partial charge in [0.1, 0.15) is 0 Å². The number of aliphatic hydroxyl groups is 1. The molecule has 0 aromatic carbocycles. The van der Waals surface area contributed by atoms with Crippen LogP contribution in [0.15, 0.2) is 18.5 Å². The molecule has 3 rings (SSSR count). The molecule has 0 aliphatic carbocycles. The predicted octanol–water partition coefficient (Wildman–Crippen LogP) is 0.198. The number of piperazine rings is 1. The van der Waals surface area contributed by atoms with E-state index in [9.17, 15) is 31.4 Å². The van der Waals surface area contributed by atoms with E-state index in [4.69, 9.17) is 19.8 Å². The molecule has 0 bridgehead atoms. The van der Waals surface area contributed by atoms with Crippen LogP contribution in [0.2, 0.25) is 0 Å². The van der Waals surface area contributed by atoms with Gasteiger partial charge in [0, 0.05) is 57.7 Å². The second kappa shape index (κ2) is 11.8. The number of hydrogen-bond donors (Lipinski definition) is 4. The lowest BCUT2D eigenvalue weighted by molar-refractivity contribution is -0.193. The van der Waals surface area contributed by atoms with Crippen LogP contribution in [-0.4, -0.2) is 106 Å². The minimum Gasteiger partial charge on any atom is -0.475 e. The standard InChI is InChI=1S/C12H19N5O.2C2HF3O2/c18-11-9-13-8-10(11)16-4-6-17(7-5-16)12-14-2-1-3-15-12;2*3-2(4,5)1(6)7/h1-3,10-11,13,18H,4-9H2;2*(H,6,7)/t10-,11-;;/m0../s1. The largest absolute Gasteiger partial charge is 0.490 e. The number of nitrogens with one attached hydrogen (secondary N) is 1. The summed E-state index contributed by atoms with van der Waals surface area (Å²) in [6.07, 6.45) is -6.84. The first kappa shape index (κ1) is 27.3. The number of carboxylic acids is 2. The highest BCUT2D eigenvalue weighted by molar-refractivity contribution is 5.73. The van der Waals surface area contributed by atoms with Gasteiger partial charge in [-0.15, -0.1) is 0 Å². The van der Waals surface area contributed by atoms with E-state index < -0.39 is 24.3 Å². The highest BCUT2D eigenvalue weighted by atomic mass is 19.4. The molecule has 16 heteroatoms. The van der Waals surface area contributed by atoms with Gasteiger partial charge in [-0.2, -0.15) is 26.3 Å². The third-order valence-corrected chi connectivity index (χ3v) is 4.25. The molecule has 32 heavy (non-hydrogen) atoms. The summed E-state index contributed by atoms with van der Waals surface area (Å²) in [6.45, 7) is 5.37. The number of hydrogen-bond acceptors (Lipinski definition) is 8. The number of nitrogens with zero attached hydrogens (tertiary/aromatic N) is 4. The van der Waals surface area contributed by atoms with Gasteiger partial charge in [0.05, 0.1) is 6.10 Å². The molecule has 3 heterocycles. The molecule has 4 N–H and O–H groups in total. The fourth-order valence-electron chi connectivity index (χ4n) is 2.73. The van der Waals surface area contributed by atoms with Crippen LogP contribution >= 0.6 is 0 Å². The average Bonchev–Trinajstić information content (AvgIpc) is 3.14. The highest BCUT2D eigenvalue weighted by Gasteiger charge is 2.39. The molecule has 182 valence electrons. The van der Waals surface area contributed by atoms with E-state index in [1.807, 2.05) is 6.07 Å². The Balaban J connectivity index is 0.000000305. The Morgan fingerprint density at radius 3 is 1.69 bits per heavy atom. The van der Waals surface area contributed by atoms with Crippen LogP contribution < -0.4 is 10.2 Å². The fraction of sp³-hybridized carbons (Fsp3) is 0.625. The molecule has 2 aliphatic rings. The van der Waals surface area contributed by atoms with Gasteiger partial charge in [0.2, 0.25) is 5.95 Å². The Morgan fingerprint density at radius 2 is 1.34 bits per heavy atom. The number of anilines is 1. The number of rotatable bonds is 2. The number of alkyl halides is 6. The Labute approximate surface area is 177 Å². The van der Waals surface area contributed by atoms with Gasteiger partial charge in [-0.1, -0.05) is 0 Å². The zero-order valence-corrected chi connectivity index (χ0v) is 16.3. The first-order chi connectivity index (χ1) is 14.7. The summed E-state index contributed by atoms with van der Waals surface area (Å²) in [5.74, 6) is -4.71. The summed E-state index contributed by atoms with van der Waals surface area (Å²) >= 11 is 0. The average molecular weight is 477 g/mol. The number of β-amino-alcohol motifs (C(OH)–C–C–N with tert-alkyl or cyclic N) is 1. The lowest BCUT2D eigenvalue weighted by Crippen LogP contribution is -2.54. The monoisotopic (exact) mass is 477 g/mol. The van der Waals surface area contributed by atoms with Gasteiger partial charge in [0.15, 0.2) is 0 Å². The molecule has 2 atom stereocenters. The maximum Gasteiger partial charge on any atom is 0.490 e. The predicted molar refractivity (Wildman–Crippen MR) is 95.9 cm³/mol. The Hall–Kier alpha value is -2.72. The van der Waals surface area contributed by atoms with E-state index in [1.165, 1.54) is 0 Å². The fourth-order valence-corrected chi connectivity index (χ4v) is 2.73. The molecule has 0 unspecified atom stereocenters. The van der Waals surface area contributed by atoms with E-state index in [1.54, 1.807) is 12.4 Å². The van der Waals surface area contributed by atoms with Gasteiger partial charge in [0.25, 0.3) is 0 Å². The molecule has 2 saturated heterocycles. The summed E-state index contributed by atoms with van der Waals surface area (Å²) in [5.41, 5.74) is 0. The van der Waals surface area contributed by atoms with Crippen molar-refractivity contribution in [2.24, 2.45) is 0 Å². The minimum absolute atomic E-state index is 0.232. The van der Waals surface area contributed by atoms with Crippen LogP contribution in [0.5, 0.6) is 0 Å². The van der Waals surface area contributed by atoms with E-state index in [0.29, 0.717) is 6.54 Å². The second-order valence-corrected chi connectivity index (χ2v) is 6.47. The summed E-state index contributed by atoms with van der Waals surface area (Å²) in [5, 5.41) is 27.4.